The Labute approximate surface area is 148 Å². The number of thiophene rings is 1. The molecule has 1 aliphatic carbocycles. The third-order valence-corrected chi connectivity index (χ3v) is 6.97. The van der Waals surface area contributed by atoms with Crippen molar-refractivity contribution in [2.45, 2.75) is 63.1 Å². The first-order valence-electron chi connectivity index (χ1n) is 9.39. The number of rotatable bonds is 8. The molecule has 0 aromatic carbocycles. The van der Waals surface area contributed by atoms with E-state index in [-0.39, 0.29) is 11.8 Å². The molecule has 1 amide bonds. The lowest BCUT2D eigenvalue weighted by Gasteiger charge is -2.26. The Morgan fingerprint density at radius 2 is 2.29 bits per heavy atom. The molecule has 2 saturated heterocycles. The van der Waals surface area contributed by atoms with Crippen molar-refractivity contribution in [2.24, 2.45) is 5.92 Å². The fourth-order valence-electron chi connectivity index (χ4n) is 4.28. The zero-order valence-electron chi connectivity index (χ0n) is 14.4. The number of nitrogens with zero attached hydrogens (tertiary/aromatic N) is 1. The van der Waals surface area contributed by atoms with E-state index in [1.54, 1.807) is 11.3 Å². The first-order valence-corrected chi connectivity index (χ1v) is 10.3. The van der Waals surface area contributed by atoms with Gasteiger partial charge in [0.15, 0.2) is 0 Å². The molecule has 1 saturated carbocycles. The summed E-state index contributed by atoms with van der Waals surface area (Å²) >= 11 is 1.67. The molecule has 24 heavy (non-hydrogen) atoms. The number of carbonyl (C=O) groups is 1. The van der Waals surface area contributed by atoms with E-state index in [4.69, 9.17) is 4.74 Å². The summed E-state index contributed by atoms with van der Waals surface area (Å²) in [6, 6.07) is 5.55. The fourth-order valence-corrected chi connectivity index (χ4v) is 5.07. The van der Waals surface area contributed by atoms with E-state index in [2.05, 4.69) is 16.3 Å². The van der Waals surface area contributed by atoms with Crippen molar-refractivity contribution in [2.75, 3.05) is 19.8 Å². The number of hydrogen-bond donors (Lipinski definition) is 1. The van der Waals surface area contributed by atoms with Crippen LogP contribution in [0.4, 0.5) is 0 Å². The Hall–Kier alpha value is -0.910. The Balaban J connectivity index is 1.26. The Kier molecular flexibility index (Phi) is 4.93. The lowest BCUT2D eigenvalue weighted by molar-refractivity contribution is -0.123. The molecular formula is C19H28N2O2S. The third kappa shape index (κ3) is 3.53. The Bertz CT molecular complexity index is 558. The number of nitrogens with one attached hydrogen (secondary N) is 1. The molecule has 1 unspecified atom stereocenters. The van der Waals surface area contributed by atoms with Crippen molar-refractivity contribution in [3.05, 3.63) is 22.4 Å². The summed E-state index contributed by atoms with van der Waals surface area (Å²) in [5.41, 5.74) is 0. The number of hydrogen-bond acceptors (Lipinski definition) is 4. The van der Waals surface area contributed by atoms with Crippen LogP contribution in [-0.4, -0.2) is 48.7 Å². The second-order valence-electron chi connectivity index (χ2n) is 7.64. The molecule has 3 fully saturated rings. The highest BCUT2D eigenvalue weighted by Gasteiger charge is 2.46. The van der Waals surface area contributed by atoms with Gasteiger partial charge in [0, 0.05) is 36.2 Å². The van der Waals surface area contributed by atoms with Crippen molar-refractivity contribution in [3.63, 3.8) is 0 Å². The zero-order chi connectivity index (χ0) is 16.5. The van der Waals surface area contributed by atoms with Gasteiger partial charge < -0.3 is 10.1 Å². The molecule has 4 atom stereocenters. The van der Waals surface area contributed by atoms with Crippen molar-refractivity contribution in [3.8, 4) is 0 Å². The minimum atomic E-state index is -0.0422. The zero-order valence-corrected chi connectivity index (χ0v) is 15.3. The van der Waals surface area contributed by atoms with Crippen molar-refractivity contribution in [1.29, 1.82) is 0 Å². The number of fused-ring (bicyclic) bond motifs is 2. The summed E-state index contributed by atoms with van der Waals surface area (Å²) in [5.74, 6) is 0.977. The molecule has 5 heteroatoms. The normalized spacial score (nSPS) is 30.6. The maximum atomic E-state index is 12.6. The molecule has 4 nitrogen and oxygen atoms in total. The molecular weight excluding hydrogens is 320 g/mol. The van der Waals surface area contributed by atoms with Gasteiger partial charge in [-0.25, -0.2) is 0 Å². The number of carbonyl (C=O) groups excluding carboxylic acids is 1. The second-order valence-corrected chi connectivity index (χ2v) is 8.62. The van der Waals surface area contributed by atoms with Crippen LogP contribution in [0.25, 0.3) is 0 Å². The Morgan fingerprint density at radius 3 is 3.04 bits per heavy atom. The molecule has 4 rings (SSSR count). The SMILES string of the molecule is CC(C(=O)N[C@@H]1C[C@@H]2CC[C@H]1N2CCOCC1CC1)c1cccs1. The first-order chi connectivity index (χ1) is 11.7. The van der Waals surface area contributed by atoms with E-state index in [1.165, 1.54) is 25.7 Å². The topological polar surface area (TPSA) is 41.6 Å². The van der Waals surface area contributed by atoms with Crippen LogP contribution in [-0.2, 0) is 9.53 Å². The van der Waals surface area contributed by atoms with E-state index < -0.39 is 0 Å². The average molecular weight is 349 g/mol. The van der Waals surface area contributed by atoms with Gasteiger partial charge in [0.2, 0.25) is 5.91 Å². The van der Waals surface area contributed by atoms with Gasteiger partial charge in [-0.05, 0) is 56.4 Å². The lowest BCUT2D eigenvalue weighted by Crippen LogP contribution is -2.45. The van der Waals surface area contributed by atoms with Crippen molar-refractivity contribution >= 4 is 17.2 Å². The smallest absolute Gasteiger partial charge is 0.228 e. The minimum Gasteiger partial charge on any atom is -0.380 e. The standard InChI is InChI=1S/C19H28N2O2S/c1-13(18-3-2-10-24-18)19(22)20-16-11-15-6-7-17(16)21(15)8-9-23-12-14-4-5-14/h2-3,10,13-17H,4-9,11-12H2,1H3,(H,20,22)/t13?,15-,16+,17+/m0/s1. The predicted molar refractivity (Wildman–Crippen MR) is 96.3 cm³/mol. The van der Waals surface area contributed by atoms with Crippen LogP contribution in [0.2, 0.25) is 0 Å². The maximum Gasteiger partial charge on any atom is 0.228 e. The van der Waals surface area contributed by atoms with E-state index in [1.807, 2.05) is 18.4 Å². The van der Waals surface area contributed by atoms with Crippen molar-refractivity contribution < 1.29 is 9.53 Å². The monoisotopic (exact) mass is 348 g/mol. The van der Waals surface area contributed by atoms with E-state index in [9.17, 15) is 4.79 Å². The van der Waals surface area contributed by atoms with Gasteiger partial charge in [-0.15, -0.1) is 11.3 Å². The summed E-state index contributed by atoms with van der Waals surface area (Å²) < 4.78 is 5.82. The summed E-state index contributed by atoms with van der Waals surface area (Å²) in [7, 11) is 0. The van der Waals surface area contributed by atoms with Gasteiger partial charge in [-0.2, -0.15) is 0 Å². The molecule has 1 aromatic rings. The summed E-state index contributed by atoms with van der Waals surface area (Å²) in [6.45, 7) is 4.82. The average Bonchev–Trinajstić information content (AvgIpc) is 2.99. The molecule has 132 valence electrons. The van der Waals surface area contributed by atoms with Crippen LogP contribution in [0.5, 0.6) is 0 Å². The second kappa shape index (κ2) is 7.14. The van der Waals surface area contributed by atoms with Gasteiger partial charge in [0.25, 0.3) is 0 Å². The Morgan fingerprint density at radius 1 is 1.42 bits per heavy atom. The lowest BCUT2D eigenvalue weighted by atomic mass is 9.95. The summed E-state index contributed by atoms with van der Waals surface area (Å²) in [4.78, 5) is 16.3. The van der Waals surface area contributed by atoms with Crippen LogP contribution in [0, 0.1) is 5.92 Å². The largest absolute Gasteiger partial charge is 0.380 e. The minimum absolute atomic E-state index is 0.0422. The number of amides is 1. The van der Waals surface area contributed by atoms with Gasteiger partial charge in [0.05, 0.1) is 12.5 Å². The molecule has 1 aromatic heterocycles. The summed E-state index contributed by atoms with van der Waals surface area (Å²) in [6.07, 6.45) is 6.30. The predicted octanol–water partition coefficient (Wildman–Crippen LogP) is 3.00. The third-order valence-electron chi connectivity index (χ3n) is 5.92. The van der Waals surface area contributed by atoms with Gasteiger partial charge in [-0.1, -0.05) is 6.07 Å². The quantitative estimate of drug-likeness (QED) is 0.734. The van der Waals surface area contributed by atoms with Crippen LogP contribution >= 0.6 is 11.3 Å². The highest BCUT2D eigenvalue weighted by atomic mass is 32.1. The maximum absolute atomic E-state index is 12.6. The van der Waals surface area contributed by atoms with Gasteiger partial charge >= 0.3 is 0 Å². The van der Waals surface area contributed by atoms with Crippen molar-refractivity contribution in [1.82, 2.24) is 10.2 Å². The first kappa shape index (κ1) is 16.6. The highest BCUT2D eigenvalue weighted by molar-refractivity contribution is 7.10. The summed E-state index contributed by atoms with van der Waals surface area (Å²) in [5, 5.41) is 5.37. The molecule has 0 radical (unpaired) electrons. The van der Waals surface area contributed by atoms with Crippen LogP contribution in [0.15, 0.2) is 17.5 Å². The van der Waals surface area contributed by atoms with Gasteiger partial charge in [-0.3, -0.25) is 9.69 Å². The highest BCUT2D eigenvalue weighted by Crippen LogP contribution is 2.38. The fraction of sp³-hybridized carbons (Fsp3) is 0.737. The van der Waals surface area contributed by atoms with Crippen LogP contribution in [0.1, 0.15) is 49.8 Å². The van der Waals surface area contributed by atoms with Crippen LogP contribution in [0.3, 0.4) is 0 Å². The molecule has 2 bridgehead atoms. The van der Waals surface area contributed by atoms with Gasteiger partial charge in [0.1, 0.15) is 0 Å². The van der Waals surface area contributed by atoms with E-state index in [0.29, 0.717) is 18.1 Å². The van der Waals surface area contributed by atoms with E-state index >= 15 is 0 Å². The molecule has 2 aliphatic heterocycles. The van der Waals surface area contributed by atoms with E-state index in [0.717, 1.165) is 37.0 Å². The number of ether oxygens (including phenoxy) is 1. The molecule has 3 heterocycles. The molecule has 3 aliphatic rings. The van der Waals surface area contributed by atoms with Crippen LogP contribution < -0.4 is 5.32 Å². The molecule has 1 N–H and O–H groups in total. The molecule has 0 spiro atoms.